The van der Waals surface area contributed by atoms with Crippen molar-refractivity contribution in [1.82, 2.24) is 4.90 Å². The molecule has 1 aromatic rings. The van der Waals surface area contributed by atoms with Gasteiger partial charge in [0.1, 0.15) is 5.75 Å². The van der Waals surface area contributed by atoms with Crippen molar-refractivity contribution in [2.45, 2.75) is 6.92 Å². The highest BCUT2D eigenvalue weighted by Crippen LogP contribution is 2.29. The number of rotatable bonds is 4. The first-order chi connectivity index (χ1) is 9.13. The first-order valence-electron chi connectivity index (χ1n) is 6.17. The average Bonchev–Trinajstić information content (AvgIpc) is 2.44. The standard InChI is InChI=1S/C16H19NO2/c1-12-5-10-16(17(3)13(12)2)14-6-8-15(9-7-14)19-11-18-4/h5-10H,2,11H2,1,3-4H3. The number of ether oxygens (including phenoxy) is 2. The molecule has 0 radical (unpaired) electrons. The SMILES string of the molecule is C=C1C(C)=CC=C(c2ccc(OCOC)cc2)N1C. The topological polar surface area (TPSA) is 21.7 Å². The van der Waals surface area contributed by atoms with Crippen LogP contribution in [0.3, 0.4) is 0 Å². The molecule has 0 aliphatic carbocycles. The average molecular weight is 257 g/mol. The normalized spacial score (nSPS) is 15.1. The van der Waals surface area contributed by atoms with Crippen LogP contribution in [0.5, 0.6) is 5.75 Å². The van der Waals surface area contributed by atoms with E-state index in [1.807, 2.05) is 31.3 Å². The second-order valence-electron chi connectivity index (χ2n) is 4.48. The molecular formula is C16H19NO2. The van der Waals surface area contributed by atoms with Crippen LogP contribution in [-0.2, 0) is 4.74 Å². The summed E-state index contributed by atoms with van der Waals surface area (Å²) >= 11 is 0. The number of allylic oxidation sites excluding steroid dienone is 3. The lowest BCUT2D eigenvalue weighted by Gasteiger charge is -2.28. The molecule has 3 nitrogen and oxygen atoms in total. The lowest BCUT2D eigenvalue weighted by molar-refractivity contribution is 0.0511. The zero-order valence-electron chi connectivity index (χ0n) is 11.6. The summed E-state index contributed by atoms with van der Waals surface area (Å²) in [5.74, 6) is 0.801. The molecule has 1 aromatic carbocycles. The molecule has 0 spiro atoms. The quantitative estimate of drug-likeness (QED) is 0.771. The van der Waals surface area contributed by atoms with Gasteiger partial charge in [0.2, 0.25) is 0 Å². The van der Waals surface area contributed by atoms with Crippen LogP contribution in [0.1, 0.15) is 12.5 Å². The van der Waals surface area contributed by atoms with Crippen molar-refractivity contribution in [2.75, 3.05) is 21.0 Å². The Balaban J connectivity index is 2.21. The Morgan fingerprint density at radius 2 is 1.84 bits per heavy atom. The summed E-state index contributed by atoms with van der Waals surface area (Å²) < 4.78 is 10.3. The van der Waals surface area contributed by atoms with Crippen LogP contribution in [0.25, 0.3) is 5.70 Å². The highest BCUT2D eigenvalue weighted by Gasteiger charge is 2.14. The highest BCUT2D eigenvalue weighted by atomic mass is 16.7. The van der Waals surface area contributed by atoms with Crippen molar-refractivity contribution in [2.24, 2.45) is 0 Å². The fraction of sp³-hybridized carbons (Fsp3) is 0.250. The molecule has 1 heterocycles. The minimum absolute atomic E-state index is 0.265. The molecule has 0 unspecified atom stereocenters. The minimum atomic E-state index is 0.265. The number of methoxy groups -OCH3 is 1. The smallest absolute Gasteiger partial charge is 0.188 e. The Hall–Kier alpha value is -2.00. The van der Waals surface area contributed by atoms with Crippen molar-refractivity contribution in [3.05, 3.63) is 59.8 Å². The Labute approximate surface area is 114 Å². The van der Waals surface area contributed by atoms with Gasteiger partial charge >= 0.3 is 0 Å². The first kappa shape index (κ1) is 13.4. The van der Waals surface area contributed by atoms with E-state index in [4.69, 9.17) is 9.47 Å². The van der Waals surface area contributed by atoms with E-state index in [0.717, 1.165) is 22.7 Å². The Bertz CT molecular complexity index is 526. The molecule has 100 valence electrons. The lowest BCUT2D eigenvalue weighted by atomic mass is 10.0. The minimum Gasteiger partial charge on any atom is -0.468 e. The third kappa shape index (κ3) is 2.88. The zero-order valence-corrected chi connectivity index (χ0v) is 11.6. The maximum Gasteiger partial charge on any atom is 0.188 e. The van der Waals surface area contributed by atoms with Gasteiger partial charge in [-0.3, -0.25) is 0 Å². The van der Waals surface area contributed by atoms with Gasteiger partial charge in [-0.05, 0) is 48.4 Å². The number of hydrogen-bond donors (Lipinski definition) is 0. The number of benzene rings is 1. The van der Waals surface area contributed by atoms with Crippen molar-refractivity contribution in [3.63, 3.8) is 0 Å². The van der Waals surface area contributed by atoms with Crippen molar-refractivity contribution in [1.29, 1.82) is 0 Å². The number of likely N-dealkylation sites (N-methyl/N-ethyl adjacent to an activating group) is 1. The second-order valence-corrected chi connectivity index (χ2v) is 4.48. The van der Waals surface area contributed by atoms with Crippen LogP contribution in [0, 0.1) is 0 Å². The molecule has 2 rings (SSSR count). The third-order valence-corrected chi connectivity index (χ3v) is 3.21. The molecule has 1 aliphatic rings. The molecule has 0 fully saturated rings. The number of nitrogens with zero attached hydrogens (tertiary/aromatic N) is 1. The van der Waals surface area contributed by atoms with E-state index < -0.39 is 0 Å². The Morgan fingerprint density at radius 1 is 1.16 bits per heavy atom. The predicted molar refractivity (Wildman–Crippen MR) is 77.6 cm³/mol. The summed E-state index contributed by atoms with van der Waals surface area (Å²) in [6.07, 6.45) is 4.20. The van der Waals surface area contributed by atoms with Crippen molar-refractivity contribution in [3.8, 4) is 5.75 Å². The van der Waals surface area contributed by atoms with Crippen LogP contribution in [-0.4, -0.2) is 25.9 Å². The molecule has 0 saturated heterocycles. The van der Waals surface area contributed by atoms with Crippen molar-refractivity contribution >= 4 is 5.70 Å². The van der Waals surface area contributed by atoms with E-state index in [2.05, 4.69) is 30.6 Å². The summed E-state index contributed by atoms with van der Waals surface area (Å²) in [5.41, 5.74) is 4.48. The molecule has 0 amide bonds. The van der Waals surface area contributed by atoms with Gasteiger partial charge in [0.15, 0.2) is 6.79 Å². The fourth-order valence-corrected chi connectivity index (χ4v) is 1.96. The van der Waals surface area contributed by atoms with Crippen LogP contribution >= 0.6 is 0 Å². The molecule has 0 bridgehead atoms. The summed E-state index contributed by atoms with van der Waals surface area (Å²) in [7, 11) is 3.64. The van der Waals surface area contributed by atoms with E-state index in [9.17, 15) is 0 Å². The van der Waals surface area contributed by atoms with Crippen LogP contribution in [0.15, 0.2) is 54.3 Å². The van der Waals surface area contributed by atoms with Crippen LogP contribution in [0.2, 0.25) is 0 Å². The van der Waals surface area contributed by atoms with Gasteiger partial charge in [-0.25, -0.2) is 0 Å². The van der Waals surface area contributed by atoms with Gasteiger partial charge in [0.25, 0.3) is 0 Å². The third-order valence-electron chi connectivity index (χ3n) is 3.21. The molecular weight excluding hydrogens is 238 g/mol. The monoisotopic (exact) mass is 257 g/mol. The van der Waals surface area contributed by atoms with Gasteiger partial charge < -0.3 is 14.4 Å². The van der Waals surface area contributed by atoms with E-state index >= 15 is 0 Å². The van der Waals surface area contributed by atoms with Gasteiger partial charge in [-0.1, -0.05) is 12.7 Å². The molecule has 0 N–H and O–H groups in total. The maximum atomic E-state index is 5.38. The van der Waals surface area contributed by atoms with Gasteiger partial charge in [-0.15, -0.1) is 0 Å². The van der Waals surface area contributed by atoms with Crippen LogP contribution < -0.4 is 4.74 Å². The number of hydrogen-bond acceptors (Lipinski definition) is 3. The second kappa shape index (κ2) is 5.76. The molecule has 0 aromatic heterocycles. The molecule has 3 heteroatoms. The fourth-order valence-electron chi connectivity index (χ4n) is 1.96. The first-order valence-corrected chi connectivity index (χ1v) is 6.17. The lowest BCUT2D eigenvalue weighted by Crippen LogP contribution is -2.18. The molecule has 0 atom stereocenters. The van der Waals surface area contributed by atoms with Gasteiger partial charge in [0.05, 0.1) is 0 Å². The van der Waals surface area contributed by atoms with Crippen molar-refractivity contribution < 1.29 is 9.47 Å². The van der Waals surface area contributed by atoms with E-state index in [1.54, 1.807) is 7.11 Å². The molecule has 19 heavy (non-hydrogen) atoms. The molecule has 0 saturated carbocycles. The van der Waals surface area contributed by atoms with E-state index in [-0.39, 0.29) is 6.79 Å². The van der Waals surface area contributed by atoms with Crippen LogP contribution in [0.4, 0.5) is 0 Å². The molecule has 1 aliphatic heterocycles. The van der Waals surface area contributed by atoms with Gasteiger partial charge in [-0.2, -0.15) is 0 Å². The maximum absolute atomic E-state index is 5.38. The highest BCUT2D eigenvalue weighted by molar-refractivity contribution is 5.70. The summed E-state index contributed by atoms with van der Waals surface area (Å²) in [6, 6.07) is 7.96. The zero-order chi connectivity index (χ0) is 13.8. The largest absolute Gasteiger partial charge is 0.468 e. The Kier molecular flexibility index (Phi) is 4.07. The Morgan fingerprint density at radius 3 is 2.47 bits per heavy atom. The van der Waals surface area contributed by atoms with E-state index in [1.165, 1.54) is 5.57 Å². The summed E-state index contributed by atoms with van der Waals surface area (Å²) in [4.78, 5) is 2.10. The van der Waals surface area contributed by atoms with E-state index in [0.29, 0.717) is 0 Å². The summed E-state index contributed by atoms with van der Waals surface area (Å²) in [5, 5.41) is 0. The summed E-state index contributed by atoms with van der Waals surface area (Å²) in [6.45, 7) is 6.41. The van der Waals surface area contributed by atoms with Gasteiger partial charge in [0, 0.05) is 25.6 Å². The predicted octanol–water partition coefficient (Wildman–Crippen LogP) is 3.42.